The van der Waals surface area contributed by atoms with Gasteiger partial charge in [-0.1, -0.05) is 12.1 Å². The fraction of sp³-hybridized carbons (Fsp3) is 0.529. The average molecular weight is 324 g/mol. The maximum absolute atomic E-state index is 13.8. The number of nitrogens with zero attached hydrogens (tertiary/aromatic N) is 2. The number of hydrogen-bond donors (Lipinski definition) is 0. The molecule has 0 N–H and O–H groups in total. The van der Waals surface area contributed by atoms with Crippen LogP contribution in [0.2, 0.25) is 0 Å². The average Bonchev–Trinajstić information content (AvgIpc) is 2.50. The first kappa shape index (κ1) is 19.1. The normalized spacial score (nSPS) is 10.7. The third kappa shape index (κ3) is 6.78. The lowest BCUT2D eigenvalue weighted by atomic mass is 10.1. The third-order valence-electron chi connectivity index (χ3n) is 3.32. The van der Waals surface area contributed by atoms with Gasteiger partial charge in [-0.3, -0.25) is 9.59 Å². The Balaban J connectivity index is 2.74. The predicted octanol–water partition coefficient (Wildman–Crippen LogP) is 2.17. The Kier molecular flexibility index (Phi) is 8.26. The van der Waals surface area contributed by atoms with Crippen LogP contribution in [0.3, 0.4) is 0 Å². The summed E-state index contributed by atoms with van der Waals surface area (Å²) in [5.41, 5.74) is 0.0289. The monoisotopic (exact) mass is 324 g/mol. The first-order valence-corrected chi connectivity index (χ1v) is 7.79. The summed E-state index contributed by atoms with van der Waals surface area (Å²) in [7, 11) is 3.89. The lowest BCUT2D eigenvalue weighted by Gasteiger charge is -2.23. The summed E-state index contributed by atoms with van der Waals surface area (Å²) >= 11 is 0. The Morgan fingerprint density at radius 1 is 1.13 bits per heavy atom. The van der Waals surface area contributed by atoms with Gasteiger partial charge in [-0.05, 0) is 46.1 Å². The van der Waals surface area contributed by atoms with Crippen LogP contribution in [0.4, 0.5) is 4.39 Å². The van der Waals surface area contributed by atoms with Gasteiger partial charge in [0.1, 0.15) is 5.82 Å². The molecule has 23 heavy (non-hydrogen) atoms. The quantitative estimate of drug-likeness (QED) is 0.653. The van der Waals surface area contributed by atoms with Crippen LogP contribution in [0.5, 0.6) is 0 Å². The third-order valence-corrected chi connectivity index (χ3v) is 3.32. The Labute approximate surface area is 137 Å². The van der Waals surface area contributed by atoms with Gasteiger partial charge >= 0.3 is 5.97 Å². The van der Waals surface area contributed by atoms with Crippen LogP contribution in [0.25, 0.3) is 0 Å². The molecule has 0 aliphatic heterocycles. The van der Waals surface area contributed by atoms with E-state index in [0.29, 0.717) is 13.2 Å². The van der Waals surface area contributed by atoms with Crippen molar-refractivity contribution < 1.29 is 18.7 Å². The van der Waals surface area contributed by atoms with Crippen LogP contribution < -0.4 is 0 Å². The van der Waals surface area contributed by atoms with E-state index < -0.39 is 11.7 Å². The lowest BCUT2D eigenvalue weighted by Crippen LogP contribution is -2.35. The van der Waals surface area contributed by atoms with Gasteiger partial charge in [0.2, 0.25) is 0 Å². The molecule has 0 radical (unpaired) electrons. The Bertz CT molecular complexity index is 520. The first-order valence-electron chi connectivity index (χ1n) is 7.79. The molecule has 0 fully saturated rings. The molecule has 1 aromatic rings. The maximum Gasteiger partial charge on any atom is 0.307 e. The van der Waals surface area contributed by atoms with Gasteiger partial charge in [-0.15, -0.1) is 0 Å². The molecule has 1 amide bonds. The highest BCUT2D eigenvalue weighted by Crippen LogP contribution is 2.11. The molecule has 0 saturated heterocycles. The minimum atomic E-state index is -0.550. The highest BCUT2D eigenvalue weighted by Gasteiger charge is 2.19. The van der Waals surface area contributed by atoms with E-state index >= 15 is 0 Å². The summed E-state index contributed by atoms with van der Waals surface area (Å²) in [6.45, 7) is 3.53. The van der Waals surface area contributed by atoms with Crippen LogP contribution in [0, 0.1) is 5.82 Å². The van der Waals surface area contributed by atoms with E-state index in [4.69, 9.17) is 4.74 Å². The smallest absolute Gasteiger partial charge is 0.307 e. The Morgan fingerprint density at radius 2 is 1.83 bits per heavy atom. The zero-order chi connectivity index (χ0) is 17.2. The highest BCUT2D eigenvalue weighted by molar-refractivity contribution is 5.94. The zero-order valence-corrected chi connectivity index (χ0v) is 14.0. The molecular formula is C17H25FN2O3. The largest absolute Gasteiger partial charge is 0.466 e. The second-order valence-electron chi connectivity index (χ2n) is 5.48. The van der Waals surface area contributed by atoms with Crippen LogP contribution in [0.1, 0.15) is 30.1 Å². The van der Waals surface area contributed by atoms with E-state index in [1.807, 2.05) is 19.0 Å². The van der Waals surface area contributed by atoms with E-state index in [0.717, 1.165) is 13.0 Å². The van der Waals surface area contributed by atoms with Crippen LogP contribution in [-0.4, -0.2) is 62.0 Å². The van der Waals surface area contributed by atoms with Crippen molar-refractivity contribution in [1.29, 1.82) is 0 Å². The SMILES string of the molecule is CCOC(=O)CCN(CCCN(C)C)C(=O)c1ccccc1F. The number of carbonyl (C=O) groups excluding carboxylic acids is 2. The molecule has 1 aromatic carbocycles. The zero-order valence-electron chi connectivity index (χ0n) is 14.0. The molecule has 0 bridgehead atoms. The standard InChI is InChI=1S/C17H25FN2O3/c1-4-23-16(21)10-13-20(12-7-11-19(2)3)17(22)14-8-5-6-9-15(14)18/h5-6,8-9H,4,7,10-13H2,1-3H3. The van der Waals surface area contributed by atoms with Gasteiger partial charge in [0.25, 0.3) is 5.91 Å². The first-order chi connectivity index (χ1) is 11.0. The fourth-order valence-electron chi connectivity index (χ4n) is 2.16. The van der Waals surface area contributed by atoms with Crippen LogP contribution >= 0.6 is 0 Å². The second kappa shape index (κ2) is 9.94. The molecule has 6 heteroatoms. The van der Waals surface area contributed by atoms with E-state index in [1.165, 1.54) is 17.0 Å². The van der Waals surface area contributed by atoms with Gasteiger partial charge in [0, 0.05) is 13.1 Å². The molecule has 0 aliphatic rings. The highest BCUT2D eigenvalue weighted by atomic mass is 19.1. The summed E-state index contributed by atoms with van der Waals surface area (Å²) < 4.78 is 18.7. The van der Waals surface area contributed by atoms with E-state index in [-0.39, 0.29) is 24.5 Å². The second-order valence-corrected chi connectivity index (χ2v) is 5.48. The Hall–Kier alpha value is -1.95. The Morgan fingerprint density at radius 3 is 2.43 bits per heavy atom. The molecule has 0 atom stereocenters. The summed E-state index contributed by atoms with van der Waals surface area (Å²) in [5.74, 6) is -1.30. The van der Waals surface area contributed by atoms with Crippen molar-refractivity contribution in [3.63, 3.8) is 0 Å². The number of carbonyl (C=O) groups is 2. The molecule has 0 saturated carbocycles. The lowest BCUT2D eigenvalue weighted by molar-refractivity contribution is -0.143. The number of esters is 1. The minimum absolute atomic E-state index is 0.0289. The molecule has 0 aliphatic carbocycles. The van der Waals surface area contributed by atoms with Gasteiger partial charge < -0.3 is 14.5 Å². The number of amides is 1. The van der Waals surface area contributed by atoms with E-state index in [2.05, 4.69) is 0 Å². The summed E-state index contributed by atoms with van der Waals surface area (Å²) in [6.07, 6.45) is 0.853. The number of hydrogen-bond acceptors (Lipinski definition) is 4. The molecule has 128 valence electrons. The van der Waals surface area contributed by atoms with Crippen molar-refractivity contribution in [1.82, 2.24) is 9.80 Å². The maximum atomic E-state index is 13.8. The molecule has 5 nitrogen and oxygen atoms in total. The number of rotatable bonds is 9. The van der Waals surface area contributed by atoms with Crippen molar-refractivity contribution in [3.8, 4) is 0 Å². The fourth-order valence-corrected chi connectivity index (χ4v) is 2.16. The summed E-state index contributed by atoms with van der Waals surface area (Å²) in [4.78, 5) is 27.6. The minimum Gasteiger partial charge on any atom is -0.466 e. The molecule has 0 unspecified atom stereocenters. The van der Waals surface area contributed by atoms with E-state index in [9.17, 15) is 14.0 Å². The van der Waals surface area contributed by atoms with Crippen molar-refractivity contribution >= 4 is 11.9 Å². The summed E-state index contributed by atoms with van der Waals surface area (Å²) in [6, 6.07) is 5.89. The van der Waals surface area contributed by atoms with Crippen LogP contribution in [-0.2, 0) is 9.53 Å². The summed E-state index contributed by atoms with van der Waals surface area (Å²) in [5, 5.41) is 0. The molecule has 1 rings (SSSR count). The number of halogens is 1. The van der Waals surface area contributed by atoms with Crippen molar-refractivity contribution in [2.45, 2.75) is 19.8 Å². The van der Waals surface area contributed by atoms with Gasteiger partial charge in [-0.2, -0.15) is 0 Å². The van der Waals surface area contributed by atoms with Crippen molar-refractivity contribution in [2.75, 3.05) is 40.3 Å². The molecule has 0 heterocycles. The van der Waals surface area contributed by atoms with E-state index in [1.54, 1.807) is 19.1 Å². The number of benzene rings is 1. The number of ether oxygens (including phenoxy) is 1. The predicted molar refractivity (Wildman–Crippen MR) is 86.7 cm³/mol. The van der Waals surface area contributed by atoms with Gasteiger partial charge in [0.15, 0.2) is 0 Å². The van der Waals surface area contributed by atoms with Crippen molar-refractivity contribution in [3.05, 3.63) is 35.6 Å². The molecule has 0 aromatic heterocycles. The van der Waals surface area contributed by atoms with Crippen LogP contribution in [0.15, 0.2) is 24.3 Å². The van der Waals surface area contributed by atoms with Gasteiger partial charge in [0.05, 0.1) is 18.6 Å². The van der Waals surface area contributed by atoms with Gasteiger partial charge in [-0.25, -0.2) is 4.39 Å². The van der Waals surface area contributed by atoms with Crippen molar-refractivity contribution in [2.24, 2.45) is 0 Å². The molecule has 0 spiro atoms. The molecular weight excluding hydrogens is 299 g/mol. The topological polar surface area (TPSA) is 49.9 Å².